The molecule has 0 saturated heterocycles. The maximum absolute atomic E-state index is 10.9. The standard InChI is InChI=1S/C7H10N4OS.ClH/c8-3-5(12)9-7-11-10-6(13-7)4-1-2-4;/h4H,1-3,8H2,(H,9,11,12);1H. The SMILES string of the molecule is Cl.NCC(=O)Nc1nnc(C2CC2)s1. The van der Waals surface area contributed by atoms with Gasteiger partial charge in [0.25, 0.3) is 0 Å². The van der Waals surface area contributed by atoms with Crippen molar-refractivity contribution < 1.29 is 4.79 Å². The molecular weight excluding hydrogens is 224 g/mol. The van der Waals surface area contributed by atoms with Crippen molar-refractivity contribution in [1.29, 1.82) is 0 Å². The highest BCUT2D eigenvalue weighted by Crippen LogP contribution is 2.41. The molecule has 5 nitrogen and oxygen atoms in total. The van der Waals surface area contributed by atoms with Crippen LogP contribution in [0.5, 0.6) is 0 Å². The van der Waals surface area contributed by atoms with Crippen LogP contribution < -0.4 is 11.1 Å². The van der Waals surface area contributed by atoms with Gasteiger partial charge in [0.05, 0.1) is 6.54 Å². The van der Waals surface area contributed by atoms with E-state index >= 15 is 0 Å². The second-order valence-electron chi connectivity index (χ2n) is 2.97. The highest BCUT2D eigenvalue weighted by molar-refractivity contribution is 7.15. The zero-order valence-electron chi connectivity index (χ0n) is 7.40. The highest BCUT2D eigenvalue weighted by atomic mass is 35.5. The monoisotopic (exact) mass is 234 g/mol. The van der Waals surface area contributed by atoms with E-state index in [1.165, 1.54) is 24.2 Å². The molecule has 14 heavy (non-hydrogen) atoms. The maximum atomic E-state index is 10.9. The minimum atomic E-state index is -0.224. The average Bonchev–Trinajstić information content (AvgIpc) is 2.88. The van der Waals surface area contributed by atoms with Crippen molar-refractivity contribution in [3.05, 3.63) is 5.01 Å². The summed E-state index contributed by atoms with van der Waals surface area (Å²) in [5.41, 5.74) is 5.14. The van der Waals surface area contributed by atoms with E-state index in [2.05, 4.69) is 15.5 Å². The third-order valence-electron chi connectivity index (χ3n) is 1.80. The third kappa shape index (κ3) is 2.63. The molecule has 1 fully saturated rings. The largest absolute Gasteiger partial charge is 0.322 e. The van der Waals surface area contributed by atoms with Crippen LogP contribution in [-0.4, -0.2) is 22.6 Å². The summed E-state index contributed by atoms with van der Waals surface area (Å²) in [7, 11) is 0. The first-order chi connectivity index (χ1) is 6.29. The molecular formula is C7H11ClN4OS. The number of carbonyl (C=O) groups excluding carboxylic acids is 1. The Kier molecular flexibility index (Phi) is 3.79. The predicted octanol–water partition coefficient (Wildman–Crippen LogP) is 0.734. The van der Waals surface area contributed by atoms with Gasteiger partial charge in [-0.05, 0) is 12.8 Å². The molecule has 1 aliphatic carbocycles. The fraction of sp³-hybridized carbons (Fsp3) is 0.571. The van der Waals surface area contributed by atoms with Crippen LogP contribution >= 0.6 is 23.7 Å². The first kappa shape index (κ1) is 11.4. The molecule has 0 aromatic carbocycles. The third-order valence-corrected chi connectivity index (χ3v) is 2.80. The van der Waals surface area contributed by atoms with Gasteiger partial charge in [-0.15, -0.1) is 22.6 Å². The topological polar surface area (TPSA) is 80.9 Å². The summed E-state index contributed by atoms with van der Waals surface area (Å²) in [4.78, 5) is 10.9. The Labute approximate surface area is 91.5 Å². The number of nitrogens with zero attached hydrogens (tertiary/aromatic N) is 2. The van der Waals surface area contributed by atoms with Gasteiger partial charge in [-0.25, -0.2) is 0 Å². The lowest BCUT2D eigenvalue weighted by Gasteiger charge is -1.94. The lowest BCUT2D eigenvalue weighted by molar-refractivity contribution is -0.114. The van der Waals surface area contributed by atoms with Gasteiger partial charge in [0, 0.05) is 5.92 Å². The van der Waals surface area contributed by atoms with E-state index in [0.29, 0.717) is 11.0 Å². The van der Waals surface area contributed by atoms with E-state index < -0.39 is 0 Å². The normalized spacial score (nSPS) is 14.6. The molecule has 2 rings (SSSR count). The number of carbonyl (C=O) groups is 1. The molecule has 0 atom stereocenters. The molecule has 1 heterocycles. The van der Waals surface area contributed by atoms with E-state index in [1.54, 1.807) is 0 Å². The van der Waals surface area contributed by atoms with Crippen molar-refractivity contribution in [1.82, 2.24) is 10.2 Å². The Morgan fingerprint density at radius 2 is 2.29 bits per heavy atom. The molecule has 0 radical (unpaired) electrons. The molecule has 0 unspecified atom stereocenters. The molecule has 0 aliphatic heterocycles. The van der Waals surface area contributed by atoms with E-state index in [0.717, 1.165) is 5.01 Å². The predicted molar refractivity (Wildman–Crippen MR) is 56.8 cm³/mol. The molecule has 78 valence electrons. The Balaban J connectivity index is 0.000000980. The van der Waals surface area contributed by atoms with Crippen molar-refractivity contribution in [3.8, 4) is 0 Å². The highest BCUT2D eigenvalue weighted by Gasteiger charge is 2.27. The zero-order valence-corrected chi connectivity index (χ0v) is 9.03. The summed E-state index contributed by atoms with van der Waals surface area (Å²) in [6.07, 6.45) is 2.39. The number of halogens is 1. The van der Waals surface area contributed by atoms with Crippen LogP contribution in [0.1, 0.15) is 23.8 Å². The van der Waals surface area contributed by atoms with Crippen LogP contribution in [0.3, 0.4) is 0 Å². The molecule has 1 saturated carbocycles. The minimum absolute atomic E-state index is 0. The van der Waals surface area contributed by atoms with Crippen molar-refractivity contribution in [2.75, 3.05) is 11.9 Å². The number of hydrogen-bond donors (Lipinski definition) is 2. The van der Waals surface area contributed by atoms with Gasteiger partial charge in [-0.2, -0.15) is 0 Å². The molecule has 1 aliphatic rings. The Hall–Kier alpha value is -0.720. The number of aromatic nitrogens is 2. The van der Waals surface area contributed by atoms with Crippen LogP contribution in [0.4, 0.5) is 5.13 Å². The lowest BCUT2D eigenvalue weighted by Crippen LogP contribution is -2.21. The summed E-state index contributed by atoms with van der Waals surface area (Å²) >= 11 is 1.44. The van der Waals surface area contributed by atoms with Crippen molar-refractivity contribution >= 4 is 34.8 Å². The van der Waals surface area contributed by atoms with E-state index in [1.807, 2.05) is 0 Å². The Bertz CT molecular complexity index is 325. The smallest absolute Gasteiger partial charge is 0.239 e. The van der Waals surface area contributed by atoms with Gasteiger partial charge in [-0.3, -0.25) is 10.1 Å². The van der Waals surface area contributed by atoms with E-state index in [4.69, 9.17) is 5.73 Å². The van der Waals surface area contributed by atoms with Gasteiger partial charge in [0.2, 0.25) is 11.0 Å². The van der Waals surface area contributed by atoms with Crippen molar-refractivity contribution in [3.63, 3.8) is 0 Å². The van der Waals surface area contributed by atoms with Gasteiger partial charge in [-0.1, -0.05) is 11.3 Å². The minimum Gasteiger partial charge on any atom is -0.322 e. The lowest BCUT2D eigenvalue weighted by atomic mass is 10.5. The van der Waals surface area contributed by atoms with Crippen LogP contribution in [0.15, 0.2) is 0 Å². The molecule has 1 aromatic rings. The van der Waals surface area contributed by atoms with Gasteiger partial charge in [0.15, 0.2) is 0 Å². The van der Waals surface area contributed by atoms with E-state index in [9.17, 15) is 4.79 Å². The van der Waals surface area contributed by atoms with E-state index in [-0.39, 0.29) is 24.9 Å². The quantitative estimate of drug-likeness (QED) is 0.808. The summed E-state index contributed by atoms with van der Waals surface area (Å²) in [5, 5.41) is 12.0. The molecule has 7 heteroatoms. The first-order valence-electron chi connectivity index (χ1n) is 4.13. The molecule has 0 spiro atoms. The number of amides is 1. The number of nitrogens with one attached hydrogen (secondary N) is 1. The first-order valence-corrected chi connectivity index (χ1v) is 4.94. The number of hydrogen-bond acceptors (Lipinski definition) is 5. The Morgan fingerprint density at radius 3 is 2.86 bits per heavy atom. The van der Waals surface area contributed by atoms with Gasteiger partial charge in [0.1, 0.15) is 5.01 Å². The number of rotatable bonds is 3. The van der Waals surface area contributed by atoms with Gasteiger partial charge >= 0.3 is 0 Å². The number of nitrogens with two attached hydrogens (primary N) is 1. The molecule has 3 N–H and O–H groups in total. The fourth-order valence-electron chi connectivity index (χ4n) is 0.951. The van der Waals surface area contributed by atoms with Crippen molar-refractivity contribution in [2.45, 2.75) is 18.8 Å². The molecule has 1 amide bonds. The summed E-state index contributed by atoms with van der Waals surface area (Å²) in [6, 6.07) is 0. The average molecular weight is 235 g/mol. The van der Waals surface area contributed by atoms with Crippen LogP contribution in [-0.2, 0) is 4.79 Å². The van der Waals surface area contributed by atoms with Crippen LogP contribution in [0.25, 0.3) is 0 Å². The van der Waals surface area contributed by atoms with Gasteiger partial charge < -0.3 is 5.73 Å². The second-order valence-corrected chi connectivity index (χ2v) is 3.98. The summed E-state index contributed by atoms with van der Waals surface area (Å²) < 4.78 is 0. The second kappa shape index (κ2) is 4.68. The number of anilines is 1. The molecule has 1 aromatic heterocycles. The van der Waals surface area contributed by atoms with Crippen LogP contribution in [0, 0.1) is 0 Å². The van der Waals surface area contributed by atoms with Crippen LogP contribution in [0.2, 0.25) is 0 Å². The Morgan fingerprint density at radius 1 is 1.57 bits per heavy atom. The summed E-state index contributed by atoms with van der Waals surface area (Å²) in [5.74, 6) is 0.361. The summed E-state index contributed by atoms with van der Waals surface area (Å²) in [6.45, 7) is -0.0155. The molecule has 0 bridgehead atoms. The van der Waals surface area contributed by atoms with Crippen molar-refractivity contribution in [2.24, 2.45) is 5.73 Å². The zero-order chi connectivity index (χ0) is 9.26. The maximum Gasteiger partial charge on any atom is 0.239 e. The fourth-order valence-corrected chi connectivity index (χ4v) is 1.88.